The molecule has 0 N–H and O–H groups in total. The smallest absolute Gasteiger partial charge is 0.222 e. The fourth-order valence-electron chi connectivity index (χ4n) is 2.11. The Labute approximate surface area is 102 Å². The number of carbonyl (C=O) groups is 1. The SMILES string of the molecule is C=C/C=C\CC1(N=O)CCN(C(=O)CC)CC1. The minimum atomic E-state index is -0.524. The maximum atomic E-state index is 11.5. The number of carbonyl (C=O) groups excluding carboxylic acids is 1. The van der Waals surface area contributed by atoms with Crippen LogP contribution in [0, 0.1) is 4.91 Å². The van der Waals surface area contributed by atoms with Crippen molar-refractivity contribution in [1.29, 1.82) is 0 Å². The summed E-state index contributed by atoms with van der Waals surface area (Å²) in [6.45, 7) is 6.72. The molecule has 1 aliphatic heterocycles. The van der Waals surface area contributed by atoms with Gasteiger partial charge in [0, 0.05) is 19.5 Å². The predicted octanol–water partition coefficient (Wildman–Crippen LogP) is 2.66. The Morgan fingerprint density at radius 2 is 2.12 bits per heavy atom. The van der Waals surface area contributed by atoms with Crippen molar-refractivity contribution >= 4 is 5.91 Å². The van der Waals surface area contributed by atoms with E-state index in [0.717, 1.165) is 0 Å². The lowest BCUT2D eigenvalue weighted by molar-refractivity contribution is -0.132. The number of nitroso groups, excluding NO2 is 1. The third kappa shape index (κ3) is 3.51. The van der Waals surface area contributed by atoms with Crippen LogP contribution in [0.25, 0.3) is 0 Å². The average Bonchev–Trinajstić information content (AvgIpc) is 2.39. The van der Waals surface area contributed by atoms with E-state index in [2.05, 4.69) is 11.8 Å². The first kappa shape index (κ1) is 13.6. The topological polar surface area (TPSA) is 49.7 Å². The highest BCUT2D eigenvalue weighted by atomic mass is 16.3. The summed E-state index contributed by atoms with van der Waals surface area (Å²) in [7, 11) is 0. The van der Waals surface area contributed by atoms with Crippen LogP contribution in [-0.4, -0.2) is 29.4 Å². The van der Waals surface area contributed by atoms with Crippen LogP contribution >= 0.6 is 0 Å². The number of hydrogen-bond donors (Lipinski definition) is 0. The van der Waals surface area contributed by atoms with Crippen LogP contribution in [-0.2, 0) is 4.79 Å². The second-order valence-electron chi connectivity index (χ2n) is 4.42. The molecule has 0 aromatic carbocycles. The van der Waals surface area contributed by atoms with Gasteiger partial charge in [-0.2, -0.15) is 4.91 Å². The van der Waals surface area contributed by atoms with Crippen LogP contribution < -0.4 is 0 Å². The average molecular weight is 236 g/mol. The summed E-state index contributed by atoms with van der Waals surface area (Å²) in [5, 5.41) is 3.30. The molecule has 4 heteroatoms. The summed E-state index contributed by atoms with van der Waals surface area (Å²) < 4.78 is 0. The Bertz CT molecular complexity index is 315. The lowest BCUT2D eigenvalue weighted by atomic mass is 9.85. The molecule has 0 bridgehead atoms. The van der Waals surface area contributed by atoms with Crippen molar-refractivity contribution in [3.8, 4) is 0 Å². The summed E-state index contributed by atoms with van der Waals surface area (Å²) in [5.74, 6) is 0.158. The van der Waals surface area contributed by atoms with Crippen molar-refractivity contribution in [2.45, 2.75) is 38.1 Å². The summed E-state index contributed by atoms with van der Waals surface area (Å²) in [4.78, 5) is 24.3. The van der Waals surface area contributed by atoms with Gasteiger partial charge in [0.25, 0.3) is 0 Å². The second-order valence-corrected chi connectivity index (χ2v) is 4.42. The Hall–Kier alpha value is -1.45. The first-order valence-corrected chi connectivity index (χ1v) is 6.07. The molecule has 0 spiro atoms. The molecule has 0 radical (unpaired) electrons. The largest absolute Gasteiger partial charge is 0.343 e. The van der Waals surface area contributed by atoms with E-state index in [1.807, 2.05) is 24.0 Å². The molecule has 1 saturated heterocycles. The molecule has 1 rings (SSSR count). The lowest BCUT2D eigenvalue weighted by Gasteiger charge is -2.36. The summed E-state index contributed by atoms with van der Waals surface area (Å²) >= 11 is 0. The first-order chi connectivity index (χ1) is 8.17. The van der Waals surface area contributed by atoms with E-state index < -0.39 is 5.54 Å². The highest BCUT2D eigenvalue weighted by Gasteiger charge is 2.35. The van der Waals surface area contributed by atoms with Crippen molar-refractivity contribution in [3.05, 3.63) is 29.7 Å². The maximum absolute atomic E-state index is 11.5. The van der Waals surface area contributed by atoms with E-state index >= 15 is 0 Å². The molecule has 0 aliphatic carbocycles. The summed E-state index contributed by atoms with van der Waals surface area (Å²) in [6, 6.07) is 0. The van der Waals surface area contributed by atoms with Crippen LogP contribution in [0.5, 0.6) is 0 Å². The van der Waals surface area contributed by atoms with E-state index in [1.165, 1.54) is 0 Å². The number of rotatable bonds is 5. The molecular formula is C13H20N2O2. The number of nitrogens with zero attached hydrogens (tertiary/aromatic N) is 2. The third-order valence-electron chi connectivity index (χ3n) is 3.31. The Balaban J connectivity index is 2.56. The minimum Gasteiger partial charge on any atom is -0.343 e. The van der Waals surface area contributed by atoms with Gasteiger partial charge in [-0.05, 0) is 19.3 Å². The number of piperidine rings is 1. The molecule has 0 aromatic heterocycles. The van der Waals surface area contributed by atoms with Gasteiger partial charge in [-0.25, -0.2) is 0 Å². The molecule has 1 fully saturated rings. The normalized spacial score (nSPS) is 19.2. The van der Waals surface area contributed by atoms with Gasteiger partial charge in [-0.3, -0.25) is 4.79 Å². The fraction of sp³-hybridized carbons (Fsp3) is 0.615. The van der Waals surface area contributed by atoms with E-state index in [0.29, 0.717) is 38.8 Å². The van der Waals surface area contributed by atoms with Crippen LogP contribution in [0.1, 0.15) is 32.6 Å². The Kier molecular flexibility index (Phi) is 5.07. The zero-order chi connectivity index (χ0) is 12.7. The van der Waals surface area contributed by atoms with Gasteiger partial charge in [0.1, 0.15) is 5.54 Å². The number of hydrogen-bond acceptors (Lipinski definition) is 3. The van der Waals surface area contributed by atoms with E-state index in [1.54, 1.807) is 6.08 Å². The van der Waals surface area contributed by atoms with Crippen molar-refractivity contribution in [2.24, 2.45) is 5.18 Å². The fourth-order valence-corrected chi connectivity index (χ4v) is 2.11. The Morgan fingerprint density at radius 1 is 1.47 bits per heavy atom. The van der Waals surface area contributed by atoms with Crippen LogP contribution in [0.4, 0.5) is 0 Å². The lowest BCUT2D eigenvalue weighted by Crippen LogP contribution is -2.45. The van der Waals surface area contributed by atoms with Crippen molar-refractivity contribution in [1.82, 2.24) is 4.90 Å². The van der Waals surface area contributed by atoms with E-state index in [9.17, 15) is 9.70 Å². The van der Waals surface area contributed by atoms with Gasteiger partial charge in [0.05, 0.1) is 0 Å². The molecule has 0 atom stereocenters. The minimum absolute atomic E-state index is 0.158. The maximum Gasteiger partial charge on any atom is 0.222 e. The molecule has 4 nitrogen and oxygen atoms in total. The standard InChI is InChI=1S/C13H20N2O2/c1-3-5-6-7-13(14-17)8-10-15(11-9-13)12(16)4-2/h3,5-6H,1,4,7-11H2,2H3/b6-5-. The molecule has 0 unspecified atom stereocenters. The molecule has 1 aliphatic rings. The van der Waals surface area contributed by atoms with Crippen LogP contribution in [0.3, 0.4) is 0 Å². The zero-order valence-corrected chi connectivity index (χ0v) is 10.4. The van der Waals surface area contributed by atoms with E-state index in [-0.39, 0.29) is 5.91 Å². The van der Waals surface area contributed by atoms with Gasteiger partial charge in [0.15, 0.2) is 0 Å². The highest BCUT2D eigenvalue weighted by Crippen LogP contribution is 2.30. The van der Waals surface area contributed by atoms with Crippen molar-refractivity contribution in [2.75, 3.05) is 13.1 Å². The second kappa shape index (κ2) is 6.33. The van der Waals surface area contributed by atoms with Gasteiger partial charge in [-0.15, -0.1) is 0 Å². The summed E-state index contributed by atoms with van der Waals surface area (Å²) in [5.41, 5.74) is -0.524. The van der Waals surface area contributed by atoms with Gasteiger partial charge in [-0.1, -0.05) is 36.9 Å². The van der Waals surface area contributed by atoms with E-state index in [4.69, 9.17) is 0 Å². The van der Waals surface area contributed by atoms with Crippen molar-refractivity contribution in [3.63, 3.8) is 0 Å². The van der Waals surface area contributed by atoms with Crippen LogP contribution in [0.2, 0.25) is 0 Å². The highest BCUT2D eigenvalue weighted by molar-refractivity contribution is 5.75. The summed E-state index contributed by atoms with van der Waals surface area (Å²) in [6.07, 6.45) is 7.92. The van der Waals surface area contributed by atoms with Gasteiger partial charge in [0.2, 0.25) is 5.91 Å². The number of likely N-dealkylation sites (tertiary alicyclic amines) is 1. The number of allylic oxidation sites excluding steroid dienone is 2. The quantitative estimate of drug-likeness (QED) is 0.544. The Morgan fingerprint density at radius 3 is 2.59 bits per heavy atom. The monoisotopic (exact) mass is 236 g/mol. The van der Waals surface area contributed by atoms with Gasteiger partial charge >= 0.3 is 0 Å². The molecule has 1 heterocycles. The molecule has 0 saturated carbocycles. The molecular weight excluding hydrogens is 216 g/mol. The molecule has 94 valence electrons. The van der Waals surface area contributed by atoms with Crippen molar-refractivity contribution < 1.29 is 4.79 Å². The third-order valence-corrected chi connectivity index (χ3v) is 3.31. The zero-order valence-electron chi connectivity index (χ0n) is 10.4. The molecule has 17 heavy (non-hydrogen) atoms. The first-order valence-electron chi connectivity index (χ1n) is 6.07. The molecule has 1 amide bonds. The van der Waals surface area contributed by atoms with Gasteiger partial charge < -0.3 is 4.90 Å². The predicted molar refractivity (Wildman–Crippen MR) is 68.6 cm³/mol. The molecule has 0 aromatic rings. The van der Waals surface area contributed by atoms with Crippen LogP contribution in [0.15, 0.2) is 30.0 Å². The number of amides is 1.